The first-order chi connectivity index (χ1) is 15.1. The highest BCUT2D eigenvalue weighted by atomic mass is 35.5. The lowest BCUT2D eigenvalue weighted by atomic mass is 10.0. The number of rotatable bonds is 7. The third-order valence-corrected chi connectivity index (χ3v) is 7.72. The number of piperidine rings is 1. The summed E-state index contributed by atoms with van der Waals surface area (Å²) in [5.41, 5.74) is 5.46. The average Bonchev–Trinajstić information content (AvgIpc) is 2.76. The van der Waals surface area contributed by atoms with Gasteiger partial charge < -0.3 is 20.6 Å². The number of sulfone groups is 1. The molecule has 3 amide bonds. The molecule has 10 heteroatoms. The highest BCUT2D eigenvalue weighted by molar-refractivity contribution is 7.91. The van der Waals surface area contributed by atoms with Crippen LogP contribution in [-0.4, -0.2) is 72.8 Å². The third-order valence-electron chi connectivity index (χ3n) is 5.76. The molecule has 0 radical (unpaired) electrons. The van der Waals surface area contributed by atoms with E-state index in [4.69, 9.17) is 17.3 Å². The van der Waals surface area contributed by atoms with Crippen LogP contribution in [0.1, 0.15) is 26.2 Å². The van der Waals surface area contributed by atoms with Crippen molar-refractivity contribution in [3.63, 3.8) is 0 Å². The number of hydrogen-bond donors (Lipinski definition) is 2. The van der Waals surface area contributed by atoms with Gasteiger partial charge in [0, 0.05) is 30.7 Å². The van der Waals surface area contributed by atoms with Gasteiger partial charge in [-0.15, -0.1) is 0 Å². The number of carbonyl (C=O) groups is 2. The van der Waals surface area contributed by atoms with Crippen LogP contribution in [0.4, 0.5) is 4.79 Å². The minimum absolute atomic E-state index is 0.0366. The number of hydrogen-bond acceptors (Lipinski definition) is 5. The van der Waals surface area contributed by atoms with Gasteiger partial charge in [0.2, 0.25) is 0 Å². The molecule has 8 nitrogen and oxygen atoms in total. The number of aliphatic hydroxyl groups excluding tert-OH is 1. The van der Waals surface area contributed by atoms with E-state index < -0.39 is 33.6 Å². The predicted octanol–water partition coefficient (Wildman–Crippen LogP) is 2.41. The molecule has 174 valence electrons. The first kappa shape index (κ1) is 24.3. The Balaban J connectivity index is 1.64. The number of aliphatic hydroxyl groups is 1. The number of primary amides is 1. The second-order valence-electron chi connectivity index (χ2n) is 8.04. The Hall–Kier alpha value is -2.36. The maximum atomic E-state index is 12.8. The van der Waals surface area contributed by atoms with Crippen LogP contribution in [-0.2, 0) is 14.6 Å². The molecule has 0 unspecified atom stereocenters. The maximum Gasteiger partial charge on any atom is 0.315 e. The van der Waals surface area contributed by atoms with Crippen LogP contribution in [0.5, 0.6) is 0 Å². The van der Waals surface area contributed by atoms with E-state index in [-0.39, 0.29) is 10.9 Å². The Morgan fingerprint density at radius 1 is 1.19 bits per heavy atom. The van der Waals surface area contributed by atoms with Crippen molar-refractivity contribution in [3.8, 4) is 0 Å². The molecule has 1 atom stereocenters. The molecular formula is C22H28ClN3O5S. The summed E-state index contributed by atoms with van der Waals surface area (Å²) in [6, 6.07) is 9.17. The number of benzene rings is 2. The molecule has 2 aromatic carbocycles. The Labute approximate surface area is 192 Å². The molecule has 0 bridgehead atoms. The van der Waals surface area contributed by atoms with E-state index >= 15 is 0 Å². The second kappa shape index (κ2) is 10.1. The van der Waals surface area contributed by atoms with E-state index in [2.05, 4.69) is 0 Å². The Morgan fingerprint density at radius 3 is 2.44 bits per heavy atom. The van der Waals surface area contributed by atoms with Crippen molar-refractivity contribution in [2.45, 2.75) is 43.2 Å². The predicted molar refractivity (Wildman–Crippen MR) is 123 cm³/mol. The highest BCUT2D eigenvalue weighted by Gasteiger charge is 2.33. The number of carbonyl (C=O) groups excluding carboxylic acids is 2. The number of halogens is 1. The summed E-state index contributed by atoms with van der Waals surface area (Å²) in [5.74, 6) is -1.32. The molecule has 0 aliphatic carbocycles. The summed E-state index contributed by atoms with van der Waals surface area (Å²) >= 11 is 5.96. The van der Waals surface area contributed by atoms with Gasteiger partial charge in [-0.1, -0.05) is 30.7 Å². The van der Waals surface area contributed by atoms with Crippen LogP contribution in [0.3, 0.4) is 0 Å². The van der Waals surface area contributed by atoms with Gasteiger partial charge in [0.05, 0.1) is 10.6 Å². The van der Waals surface area contributed by atoms with Crippen molar-refractivity contribution in [2.24, 2.45) is 5.73 Å². The van der Waals surface area contributed by atoms with Gasteiger partial charge in [0.15, 0.2) is 9.84 Å². The average molecular weight is 482 g/mol. The van der Waals surface area contributed by atoms with Gasteiger partial charge >= 0.3 is 6.03 Å². The number of urea groups is 1. The zero-order chi connectivity index (χ0) is 23.5. The lowest BCUT2D eigenvalue weighted by Gasteiger charge is -2.38. The normalized spacial score (nSPS) is 16.2. The molecule has 0 aromatic heterocycles. The lowest BCUT2D eigenvalue weighted by molar-refractivity contribution is -0.140. The van der Waals surface area contributed by atoms with Crippen LogP contribution >= 0.6 is 11.6 Å². The molecule has 1 aliphatic rings. The SMILES string of the molecule is CCCN(C(N)=O)C1CCN(C(=O)[C@H](O)CS(=O)(=O)c2ccc3cc(Cl)ccc3c2)CC1. The highest BCUT2D eigenvalue weighted by Crippen LogP contribution is 2.24. The molecule has 3 N–H and O–H groups in total. The topological polar surface area (TPSA) is 121 Å². The monoisotopic (exact) mass is 481 g/mol. The number of likely N-dealkylation sites (tertiary alicyclic amines) is 1. The second-order valence-corrected chi connectivity index (χ2v) is 10.5. The Morgan fingerprint density at radius 2 is 1.81 bits per heavy atom. The zero-order valence-electron chi connectivity index (χ0n) is 17.9. The van der Waals surface area contributed by atoms with E-state index in [1.807, 2.05) is 6.92 Å². The standard InChI is InChI=1S/C22H28ClN3O5S/c1-2-9-26(22(24)29)18-7-10-25(11-8-18)21(28)20(27)14-32(30,31)19-6-4-15-12-17(23)5-3-16(15)13-19/h3-6,12-13,18,20,27H,2,7-11,14H2,1H3,(H2,24,29)/t20-/m1/s1. The fourth-order valence-electron chi connectivity index (χ4n) is 4.09. The molecule has 2 aromatic rings. The van der Waals surface area contributed by atoms with Gasteiger partial charge in [-0.25, -0.2) is 13.2 Å². The minimum atomic E-state index is -3.89. The van der Waals surface area contributed by atoms with Crippen molar-refractivity contribution in [1.29, 1.82) is 0 Å². The van der Waals surface area contributed by atoms with Crippen LogP contribution in [0.2, 0.25) is 5.02 Å². The third kappa shape index (κ3) is 5.51. The van der Waals surface area contributed by atoms with Crippen molar-refractivity contribution in [1.82, 2.24) is 9.80 Å². The lowest BCUT2D eigenvalue weighted by Crippen LogP contribution is -2.52. The molecule has 1 fully saturated rings. The van der Waals surface area contributed by atoms with E-state index in [0.717, 1.165) is 11.8 Å². The number of amides is 3. The summed E-state index contributed by atoms with van der Waals surface area (Å²) in [4.78, 5) is 27.4. The van der Waals surface area contributed by atoms with Crippen LogP contribution in [0.25, 0.3) is 10.8 Å². The summed E-state index contributed by atoms with van der Waals surface area (Å²) in [7, 11) is -3.89. The van der Waals surface area contributed by atoms with Crippen LogP contribution in [0, 0.1) is 0 Å². The van der Waals surface area contributed by atoms with Gasteiger partial charge in [0.1, 0.15) is 6.10 Å². The fourth-order valence-corrected chi connectivity index (χ4v) is 5.60. The van der Waals surface area contributed by atoms with Gasteiger partial charge in [-0.3, -0.25) is 4.79 Å². The van der Waals surface area contributed by atoms with E-state index in [9.17, 15) is 23.1 Å². The molecular weight excluding hydrogens is 454 g/mol. The molecule has 1 heterocycles. The molecule has 1 saturated heterocycles. The van der Waals surface area contributed by atoms with E-state index in [1.165, 1.54) is 17.0 Å². The zero-order valence-corrected chi connectivity index (χ0v) is 19.5. The number of fused-ring (bicyclic) bond motifs is 1. The van der Waals surface area contributed by atoms with E-state index in [1.54, 1.807) is 29.2 Å². The molecule has 1 aliphatic heterocycles. The number of nitrogens with two attached hydrogens (primary N) is 1. The molecule has 0 spiro atoms. The molecule has 32 heavy (non-hydrogen) atoms. The first-order valence-electron chi connectivity index (χ1n) is 10.6. The quantitative estimate of drug-likeness (QED) is 0.629. The summed E-state index contributed by atoms with van der Waals surface area (Å²) in [5, 5.41) is 12.4. The summed E-state index contributed by atoms with van der Waals surface area (Å²) < 4.78 is 25.6. The molecule has 0 saturated carbocycles. The summed E-state index contributed by atoms with van der Waals surface area (Å²) in [6.07, 6.45) is 0.170. The smallest absolute Gasteiger partial charge is 0.315 e. The first-order valence-corrected chi connectivity index (χ1v) is 12.6. The van der Waals surface area contributed by atoms with E-state index in [0.29, 0.717) is 42.9 Å². The summed E-state index contributed by atoms with van der Waals surface area (Å²) in [6.45, 7) is 3.15. The van der Waals surface area contributed by atoms with Crippen LogP contribution in [0.15, 0.2) is 41.3 Å². The largest absolute Gasteiger partial charge is 0.382 e. The fraction of sp³-hybridized carbons (Fsp3) is 0.455. The van der Waals surface area contributed by atoms with Gasteiger partial charge in [0.25, 0.3) is 5.91 Å². The van der Waals surface area contributed by atoms with Crippen molar-refractivity contribution >= 4 is 44.1 Å². The molecule has 3 rings (SSSR count). The number of nitrogens with zero attached hydrogens (tertiary/aromatic N) is 2. The van der Waals surface area contributed by atoms with Crippen molar-refractivity contribution in [2.75, 3.05) is 25.4 Å². The Kier molecular flexibility index (Phi) is 7.63. The Bertz CT molecular complexity index is 1100. The van der Waals surface area contributed by atoms with Crippen molar-refractivity contribution < 1.29 is 23.1 Å². The van der Waals surface area contributed by atoms with Gasteiger partial charge in [-0.05, 0) is 54.3 Å². The van der Waals surface area contributed by atoms with Crippen LogP contribution < -0.4 is 5.73 Å². The van der Waals surface area contributed by atoms with Gasteiger partial charge in [-0.2, -0.15) is 0 Å². The maximum absolute atomic E-state index is 12.8. The van der Waals surface area contributed by atoms with Crippen molar-refractivity contribution in [3.05, 3.63) is 41.4 Å². The minimum Gasteiger partial charge on any atom is -0.382 e.